The molecule has 0 rings (SSSR count). The van der Waals surface area contributed by atoms with Crippen LogP contribution in [0.5, 0.6) is 0 Å². The number of rotatable bonds is 17. The third kappa shape index (κ3) is 15.2. The lowest BCUT2D eigenvalue weighted by molar-refractivity contribution is -0.139. The van der Waals surface area contributed by atoms with Gasteiger partial charge in [-0.05, 0) is 32.2 Å². The lowest BCUT2D eigenvalue weighted by Crippen LogP contribution is -2.52. The van der Waals surface area contributed by atoms with Crippen molar-refractivity contribution in [1.82, 2.24) is 10.6 Å². The Morgan fingerprint density at radius 3 is 2.25 bits per heavy atom. The zero-order valence-corrected chi connectivity index (χ0v) is 17.1. The van der Waals surface area contributed by atoms with Crippen LogP contribution in [0.15, 0.2) is 4.99 Å². The zero-order chi connectivity index (χ0) is 21.2. The summed E-state index contributed by atoms with van der Waals surface area (Å²) in [6.07, 6.45) is 6.86. The van der Waals surface area contributed by atoms with E-state index in [0.717, 1.165) is 44.9 Å². The first-order chi connectivity index (χ1) is 13.4. The van der Waals surface area contributed by atoms with E-state index >= 15 is 0 Å². The van der Waals surface area contributed by atoms with Crippen molar-refractivity contribution in [3.63, 3.8) is 0 Å². The molecule has 0 saturated heterocycles. The molecule has 0 radical (unpaired) electrons. The molecule has 0 aromatic carbocycles. The van der Waals surface area contributed by atoms with Gasteiger partial charge in [-0.25, -0.2) is 0 Å². The summed E-state index contributed by atoms with van der Waals surface area (Å²) in [5, 5.41) is 5.24. The molecular weight excluding hydrogens is 362 g/mol. The van der Waals surface area contributed by atoms with Gasteiger partial charge < -0.3 is 38.3 Å². The normalized spacial score (nSPS) is 12.8. The SMILES string of the molecule is COC(NC(=O)CCCCCCN=C(N)N)C(=O)NC(N)CCCCCCN. The van der Waals surface area contributed by atoms with Gasteiger partial charge in [0.15, 0.2) is 5.96 Å². The number of hydrogen-bond donors (Lipinski definition) is 6. The van der Waals surface area contributed by atoms with Crippen molar-refractivity contribution < 1.29 is 14.3 Å². The number of carbonyl (C=O) groups excluding carboxylic acids is 2. The first-order valence-electron chi connectivity index (χ1n) is 10.0. The van der Waals surface area contributed by atoms with Gasteiger partial charge in [-0.1, -0.05) is 32.1 Å². The fourth-order valence-corrected chi connectivity index (χ4v) is 2.60. The van der Waals surface area contributed by atoms with Crippen LogP contribution < -0.4 is 33.6 Å². The molecule has 28 heavy (non-hydrogen) atoms. The molecule has 10 nitrogen and oxygen atoms in total. The first-order valence-corrected chi connectivity index (χ1v) is 10.0. The molecule has 0 fully saturated rings. The molecule has 0 aromatic heterocycles. The number of methoxy groups -OCH3 is 1. The predicted molar refractivity (Wildman–Crippen MR) is 111 cm³/mol. The second-order valence-electron chi connectivity index (χ2n) is 6.76. The number of nitrogens with one attached hydrogen (secondary N) is 2. The molecule has 10 heteroatoms. The minimum atomic E-state index is -1.04. The topological polar surface area (TPSA) is 184 Å². The van der Waals surface area contributed by atoms with Gasteiger partial charge in [-0.15, -0.1) is 0 Å². The second-order valence-corrected chi connectivity index (χ2v) is 6.76. The van der Waals surface area contributed by atoms with Gasteiger partial charge in [-0.2, -0.15) is 0 Å². The van der Waals surface area contributed by atoms with Crippen LogP contribution >= 0.6 is 0 Å². The Hall–Kier alpha value is -1.91. The third-order valence-electron chi connectivity index (χ3n) is 4.17. The number of guanidine groups is 1. The van der Waals surface area contributed by atoms with E-state index in [2.05, 4.69) is 15.6 Å². The van der Waals surface area contributed by atoms with Crippen molar-refractivity contribution in [2.75, 3.05) is 20.2 Å². The number of aliphatic imine (C=N–C) groups is 1. The summed E-state index contributed by atoms with van der Waals surface area (Å²) in [4.78, 5) is 28.1. The van der Waals surface area contributed by atoms with Crippen LogP contribution in [0.1, 0.15) is 64.2 Å². The molecule has 0 aliphatic carbocycles. The van der Waals surface area contributed by atoms with Crippen molar-refractivity contribution in [3.05, 3.63) is 0 Å². The van der Waals surface area contributed by atoms with Crippen LogP contribution in [0.4, 0.5) is 0 Å². The van der Waals surface area contributed by atoms with Gasteiger partial charge >= 0.3 is 0 Å². The second kappa shape index (κ2) is 17.2. The summed E-state index contributed by atoms with van der Waals surface area (Å²) in [6, 6.07) is 0. The van der Waals surface area contributed by atoms with Gasteiger partial charge in [0.2, 0.25) is 12.1 Å². The van der Waals surface area contributed by atoms with Crippen molar-refractivity contribution in [1.29, 1.82) is 0 Å². The monoisotopic (exact) mass is 401 g/mol. The standard InChI is InChI=1S/C18H39N7O3/c1-28-17(16(27)24-14(20)10-6-2-4-8-12-19)25-15(26)11-7-3-5-9-13-23-18(21)22/h14,17H,2-13,19-20H2,1H3,(H,24,27)(H,25,26)(H4,21,22,23). The average molecular weight is 402 g/mol. The molecular formula is C18H39N7O3. The third-order valence-corrected chi connectivity index (χ3v) is 4.17. The summed E-state index contributed by atoms with van der Waals surface area (Å²) < 4.78 is 5.07. The zero-order valence-electron chi connectivity index (χ0n) is 17.1. The van der Waals surface area contributed by atoms with Crippen LogP contribution in [0, 0.1) is 0 Å². The fraction of sp³-hybridized carbons (Fsp3) is 0.833. The Morgan fingerprint density at radius 2 is 1.61 bits per heavy atom. The minimum absolute atomic E-state index is 0.0922. The molecule has 164 valence electrons. The molecule has 0 saturated carbocycles. The Balaban J connectivity index is 3.95. The molecule has 2 atom stereocenters. The van der Waals surface area contributed by atoms with E-state index in [-0.39, 0.29) is 11.9 Å². The Bertz CT molecular complexity index is 456. The highest BCUT2D eigenvalue weighted by Crippen LogP contribution is 2.05. The van der Waals surface area contributed by atoms with Gasteiger partial charge in [0.25, 0.3) is 5.91 Å². The summed E-state index contributed by atoms with van der Waals surface area (Å²) >= 11 is 0. The number of hydrogen-bond acceptors (Lipinski definition) is 6. The maximum Gasteiger partial charge on any atom is 0.271 e. The van der Waals surface area contributed by atoms with E-state index in [4.69, 9.17) is 27.7 Å². The van der Waals surface area contributed by atoms with Gasteiger partial charge in [0.05, 0.1) is 6.17 Å². The van der Waals surface area contributed by atoms with Crippen molar-refractivity contribution in [3.8, 4) is 0 Å². The van der Waals surface area contributed by atoms with Gasteiger partial charge in [0, 0.05) is 20.1 Å². The quantitative estimate of drug-likeness (QED) is 0.0829. The molecule has 0 bridgehead atoms. The van der Waals surface area contributed by atoms with E-state index in [1.165, 1.54) is 7.11 Å². The number of unbranched alkanes of at least 4 members (excludes halogenated alkanes) is 6. The Kier molecular flexibility index (Phi) is 16.0. The van der Waals surface area contributed by atoms with Crippen LogP contribution in [-0.2, 0) is 14.3 Å². The lowest BCUT2D eigenvalue weighted by atomic mass is 10.1. The highest BCUT2D eigenvalue weighted by molar-refractivity contribution is 5.86. The molecule has 0 aliphatic heterocycles. The van der Waals surface area contributed by atoms with Crippen molar-refractivity contribution in [2.24, 2.45) is 27.9 Å². The van der Waals surface area contributed by atoms with Crippen molar-refractivity contribution in [2.45, 2.75) is 76.6 Å². The van der Waals surface area contributed by atoms with E-state index in [1.807, 2.05) is 0 Å². The predicted octanol–water partition coefficient (Wildman–Crippen LogP) is -0.391. The Labute approximate surface area is 168 Å². The van der Waals surface area contributed by atoms with Crippen molar-refractivity contribution >= 4 is 17.8 Å². The summed E-state index contributed by atoms with van der Waals surface area (Å²) in [5.41, 5.74) is 21.9. The molecule has 0 heterocycles. The fourth-order valence-electron chi connectivity index (χ4n) is 2.60. The minimum Gasteiger partial charge on any atom is -0.370 e. The van der Waals surface area contributed by atoms with E-state index < -0.39 is 18.3 Å². The molecule has 2 unspecified atom stereocenters. The first kappa shape index (κ1) is 26.1. The molecule has 0 spiro atoms. The summed E-state index contributed by atoms with van der Waals surface area (Å²) in [7, 11) is 1.37. The maximum absolute atomic E-state index is 12.2. The molecule has 10 N–H and O–H groups in total. The molecule has 0 aromatic rings. The number of amides is 2. The highest BCUT2D eigenvalue weighted by Gasteiger charge is 2.21. The summed E-state index contributed by atoms with van der Waals surface area (Å²) in [5.74, 6) is -0.585. The van der Waals surface area contributed by atoms with Gasteiger partial charge in [-0.3, -0.25) is 14.6 Å². The average Bonchev–Trinajstić information content (AvgIpc) is 2.64. The molecule has 2 amide bonds. The van der Waals surface area contributed by atoms with Crippen LogP contribution in [0.2, 0.25) is 0 Å². The number of ether oxygens (including phenoxy) is 1. The van der Waals surface area contributed by atoms with Crippen LogP contribution in [0.3, 0.4) is 0 Å². The van der Waals surface area contributed by atoms with E-state index in [0.29, 0.717) is 32.4 Å². The maximum atomic E-state index is 12.2. The van der Waals surface area contributed by atoms with Gasteiger partial charge in [0.1, 0.15) is 0 Å². The Morgan fingerprint density at radius 1 is 0.964 bits per heavy atom. The number of nitrogens with zero attached hydrogens (tertiary/aromatic N) is 1. The largest absolute Gasteiger partial charge is 0.370 e. The van der Waals surface area contributed by atoms with E-state index in [1.54, 1.807) is 0 Å². The smallest absolute Gasteiger partial charge is 0.271 e. The lowest BCUT2D eigenvalue weighted by Gasteiger charge is -2.20. The summed E-state index contributed by atoms with van der Waals surface area (Å²) in [6.45, 7) is 1.28. The number of carbonyl (C=O) groups is 2. The molecule has 0 aliphatic rings. The van der Waals surface area contributed by atoms with E-state index in [9.17, 15) is 9.59 Å². The number of nitrogens with two attached hydrogens (primary N) is 4. The highest BCUT2D eigenvalue weighted by atomic mass is 16.5. The van der Waals surface area contributed by atoms with Crippen LogP contribution in [0.25, 0.3) is 0 Å². The van der Waals surface area contributed by atoms with Crippen LogP contribution in [-0.4, -0.2) is 50.4 Å².